The molecule has 56 valence electrons. The molecule has 1 atom stereocenters. The molecule has 0 fully saturated rings. The normalized spacial score (nSPS) is 22.4. The van der Waals surface area contributed by atoms with Gasteiger partial charge >= 0.3 is 0 Å². The van der Waals surface area contributed by atoms with Crippen LogP contribution < -0.4 is 0 Å². The molecule has 1 aromatic heterocycles. The number of aromatic nitrogens is 2. The third kappa shape index (κ3) is 1.24. The van der Waals surface area contributed by atoms with Crippen LogP contribution in [0.25, 0.3) is 0 Å². The van der Waals surface area contributed by atoms with Crippen LogP contribution in [0.4, 0.5) is 0 Å². The van der Waals surface area contributed by atoms with Gasteiger partial charge in [0.25, 0.3) is 0 Å². The molecule has 0 aromatic carbocycles. The lowest BCUT2D eigenvalue weighted by molar-refractivity contribution is 0.805. The van der Waals surface area contributed by atoms with Gasteiger partial charge in [-0.2, -0.15) is 5.10 Å². The highest BCUT2D eigenvalue weighted by molar-refractivity contribution is 5.22. The quantitative estimate of drug-likeness (QED) is 0.645. The second kappa shape index (κ2) is 2.74. The summed E-state index contributed by atoms with van der Waals surface area (Å²) in [6.45, 7) is 0. The van der Waals surface area contributed by atoms with E-state index < -0.39 is 0 Å². The Kier molecular flexibility index (Phi) is 1.60. The molecule has 1 heterocycles. The van der Waals surface area contributed by atoms with Crippen LogP contribution in [0.2, 0.25) is 0 Å². The molecule has 2 heteroatoms. The Labute approximate surface area is 65.6 Å². The zero-order valence-corrected chi connectivity index (χ0v) is 6.20. The zero-order valence-electron chi connectivity index (χ0n) is 6.20. The number of rotatable bonds is 1. The second-order valence-electron chi connectivity index (χ2n) is 2.67. The third-order valence-electron chi connectivity index (χ3n) is 1.90. The minimum Gasteiger partial charge on any atom is -0.282 e. The van der Waals surface area contributed by atoms with E-state index in [1.54, 1.807) is 6.20 Å². The van der Waals surface area contributed by atoms with Crippen molar-refractivity contribution >= 4 is 0 Å². The van der Waals surface area contributed by atoms with Crippen LogP contribution in [0, 0.1) is 0 Å². The fraction of sp³-hybridized carbons (Fsp3) is 0.222. The molecule has 2 nitrogen and oxygen atoms in total. The maximum absolute atomic E-state index is 3.91. The molecular weight excluding hydrogens is 136 g/mol. The first kappa shape index (κ1) is 6.40. The molecule has 1 unspecified atom stereocenters. The first-order valence-corrected chi connectivity index (χ1v) is 3.79. The predicted molar refractivity (Wildman–Crippen MR) is 44.2 cm³/mol. The van der Waals surface area contributed by atoms with Crippen molar-refractivity contribution in [3.63, 3.8) is 0 Å². The monoisotopic (exact) mass is 146 g/mol. The van der Waals surface area contributed by atoms with Gasteiger partial charge < -0.3 is 0 Å². The van der Waals surface area contributed by atoms with Crippen LogP contribution >= 0.6 is 0 Å². The molecule has 2 rings (SSSR count). The largest absolute Gasteiger partial charge is 0.282 e. The lowest BCUT2D eigenvalue weighted by Gasteiger charge is -2.09. The van der Waals surface area contributed by atoms with Crippen molar-refractivity contribution in [2.24, 2.45) is 0 Å². The number of nitrogens with one attached hydrogen (secondary N) is 1. The molecule has 1 aliphatic rings. The summed E-state index contributed by atoms with van der Waals surface area (Å²) in [5, 5.41) is 6.89. The van der Waals surface area contributed by atoms with Crippen molar-refractivity contribution in [1.82, 2.24) is 10.2 Å². The van der Waals surface area contributed by atoms with Crippen molar-refractivity contribution < 1.29 is 0 Å². The number of nitrogens with zero attached hydrogens (tertiary/aromatic N) is 1. The van der Waals surface area contributed by atoms with Gasteiger partial charge in [0.15, 0.2) is 0 Å². The number of H-pyrrole nitrogens is 1. The summed E-state index contributed by atoms with van der Waals surface area (Å²) in [6.07, 6.45) is 11.4. The van der Waals surface area contributed by atoms with E-state index in [1.807, 2.05) is 6.07 Å². The highest BCUT2D eigenvalue weighted by Crippen LogP contribution is 2.21. The number of hydrogen-bond acceptors (Lipinski definition) is 1. The first-order chi connectivity index (χ1) is 5.47. The lowest BCUT2D eigenvalue weighted by atomic mass is 9.98. The summed E-state index contributed by atoms with van der Waals surface area (Å²) in [5.41, 5.74) is 1.20. The maximum atomic E-state index is 3.91. The second-order valence-corrected chi connectivity index (χ2v) is 2.67. The number of hydrogen-bond donors (Lipinski definition) is 1. The standard InChI is InChI=1S/C9H10N2/c1-2-4-8(5-3-1)9-6-7-10-11-9/h1-4,6-8H,5H2,(H,10,11). The molecule has 1 N–H and O–H groups in total. The van der Waals surface area contributed by atoms with Crippen molar-refractivity contribution in [2.75, 3.05) is 0 Å². The summed E-state index contributed by atoms with van der Waals surface area (Å²) in [6, 6.07) is 2.02. The maximum Gasteiger partial charge on any atom is 0.0490 e. The zero-order chi connectivity index (χ0) is 7.52. The van der Waals surface area contributed by atoms with E-state index in [1.165, 1.54) is 5.69 Å². The molecule has 11 heavy (non-hydrogen) atoms. The van der Waals surface area contributed by atoms with E-state index >= 15 is 0 Å². The smallest absolute Gasteiger partial charge is 0.0490 e. The average Bonchev–Trinajstić information content (AvgIpc) is 2.58. The molecule has 0 amide bonds. The minimum atomic E-state index is 0.502. The van der Waals surface area contributed by atoms with Gasteiger partial charge in [0, 0.05) is 17.8 Å². The van der Waals surface area contributed by atoms with Crippen LogP contribution in [0.1, 0.15) is 18.0 Å². The number of aromatic amines is 1. The van der Waals surface area contributed by atoms with E-state index in [4.69, 9.17) is 0 Å². The number of allylic oxidation sites excluding steroid dienone is 4. The summed E-state index contributed by atoms with van der Waals surface area (Å²) in [4.78, 5) is 0. The van der Waals surface area contributed by atoms with Crippen molar-refractivity contribution in [3.05, 3.63) is 42.3 Å². The summed E-state index contributed by atoms with van der Waals surface area (Å²) < 4.78 is 0. The van der Waals surface area contributed by atoms with Gasteiger partial charge in [0.2, 0.25) is 0 Å². The van der Waals surface area contributed by atoms with E-state index in [0.29, 0.717) is 5.92 Å². The molecule has 0 aliphatic heterocycles. The predicted octanol–water partition coefficient (Wildman–Crippen LogP) is 2.01. The lowest BCUT2D eigenvalue weighted by Crippen LogP contribution is -1.96. The van der Waals surface area contributed by atoms with Gasteiger partial charge in [-0.15, -0.1) is 0 Å². The van der Waals surface area contributed by atoms with Gasteiger partial charge in [0.1, 0.15) is 0 Å². The molecule has 0 saturated carbocycles. The molecule has 1 aromatic rings. The van der Waals surface area contributed by atoms with E-state index in [0.717, 1.165) is 6.42 Å². The van der Waals surface area contributed by atoms with Crippen LogP contribution in [0.15, 0.2) is 36.6 Å². The Bertz CT molecular complexity index is 270. The first-order valence-electron chi connectivity index (χ1n) is 3.79. The highest BCUT2D eigenvalue weighted by Gasteiger charge is 2.08. The molecule has 0 saturated heterocycles. The minimum absolute atomic E-state index is 0.502. The van der Waals surface area contributed by atoms with Gasteiger partial charge in [-0.05, 0) is 12.5 Å². The Balaban J connectivity index is 2.19. The van der Waals surface area contributed by atoms with E-state index in [2.05, 4.69) is 34.5 Å². The highest BCUT2D eigenvalue weighted by atomic mass is 15.1. The Hall–Kier alpha value is -1.31. The average molecular weight is 146 g/mol. The van der Waals surface area contributed by atoms with Crippen molar-refractivity contribution in [3.8, 4) is 0 Å². The Morgan fingerprint density at radius 2 is 2.45 bits per heavy atom. The molecule has 1 aliphatic carbocycles. The van der Waals surface area contributed by atoms with Crippen LogP contribution in [-0.4, -0.2) is 10.2 Å². The third-order valence-corrected chi connectivity index (χ3v) is 1.90. The Morgan fingerprint density at radius 1 is 1.45 bits per heavy atom. The summed E-state index contributed by atoms with van der Waals surface area (Å²) in [7, 11) is 0. The summed E-state index contributed by atoms with van der Waals surface area (Å²) in [5.74, 6) is 0.502. The fourth-order valence-corrected chi connectivity index (χ4v) is 1.28. The van der Waals surface area contributed by atoms with E-state index in [-0.39, 0.29) is 0 Å². The van der Waals surface area contributed by atoms with Gasteiger partial charge in [-0.25, -0.2) is 0 Å². The molecule has 0 spiro atoms. The van der Waals surface area contributed by atoms with E-state index in [9.17, 15) is 0 Å². The van der Waals surface area contributed by atoms with Crippen LogP contribution in [0.5, 0.6) is 0 Å². The van der Waals surface area contributed by atoms with Gasteiger partial charge in [-0.3, -0.25) is 5.10 Å². The van der Waals surface area contributed by atoms with Gasteiger partial charge in [0.05, 0.1) is 0 Å². The summed E-state index contributed by atoms with van der Waals surface area (Å²) >= 11 is 0. The van der Waals surface area contributed by atoms with Crippen LogP contribution in [-0.2, 0) is 0 Å². The SMILES string of the molecule is C1=CCC(c2ccn[nH]2)C=C1. The topological polar surface area (TPSA) is 28.7 Å². The van der Waals surface area contributed by atoms with Crippen molar-refractivity contribution in [2.45, 2.75) is 12.3 Å². The fourth-order valence-electron chi connectivity index (χ4n) is 1.28. The van der Waals surface area contributed by atoms with Gasteiger partial charge in [-0.1, -0.05) is 24.3 Å². The Morgan fingerprint density at radius 3 is 3.09 bits per heavy atom. The van der Waals surface area contributed by atoms with Crippen molar-refractivity contribution in [1.29, 1.82) is 0 Å². The molecule has 0 radical (unpaired) electrons. The molecular formula is C9H10N2. The van der Waals surface area contributed by atoms with Crippen LogP contribution in [0.3, 0.4) is 0 Å². The molecule has 0 bridgehead atoms.